The highest BCUT2D eigenvalue weighted by Crippen LogP contribution is 2.40. The SMILES string of the molecule is Cc1c(F)c(-c2nn(C)c3nc(N(C)C4(Cc5ccccc5)CCCCC4)ncc23)cc(C(F)(F)F)c1F. The van der Waals surface area contributed by atoms with Gasteiger partial charge in [-0.2, -0.15) is 23.3 Å². The lowest BCUT2D eigenvalue weighted by atomic mass is 9.76. The molecular weight excluding hydrogens is 501 g/mol. The van der Waals surface area contributed by atoms with Crippen molar-refractivity contribution in [2.45, 2.75) is 57.2 Å². The Kier molecular flexibility index (Phi) is 6.61. The van der Waals surface area contributed by atoms with E-state index in [0.717, 1.165) is 45.4 Å². The number of anilines is 1. The molecule has 1 saturated carbocycles. The molecule has 2 aromatic carbocycles. The lowest BCUT2D eigenvalue weighted by Gasteiger charge is -2.45. The molecule has 38 heavy (non-hydrogen) atoms. The summed E-state index contributed by atoms with van der Waals surface area (Å²) in [4.78, 5) is 11.4. The lowest BCUT2D eigenvalue weighted by Crippen LogP contribution is -2.50. The number of aromatic nitrogens is 4. The molecule has 200 valence electrons. The van der Waals surface area contributed by atoms with Crippen molar-refractivity contribution in [3.8, 4) is 11.3 Å². The Labute approximate surface area is 217 Å². The summed E-state index contributed by atoms with van der Waals surface area (Å²) in [5, 5.41) is 4.56. The highest BCUT2D eigenvalue weighted by atomic mass is 19.4. The van der Waals surface area contributed by atoms with E-state index in [1.807, 2.05) is 25.2 Å². The predicted molar refractivity (Wildman–Crippen MR) is 136 cm³/mol. The van der Waals surface area contributed by atoms with E-state index >= 15 is 4.39 Å². The topological polar surface area (TPSA) is 46.8 Å². The molecule has 0 spiro atoms. The van der Waals surface area contributed by atoms with E-state index in [-0.39, 0.29) is 16.6 Å². The van der Waals surface area contributed by atoms with Crippen LogP contribution in [0, 0.1) is 18.6 Å². The number of hydrogen-bond acceptors (Lipinski definition) is 4. The molecule has 5 rings (SSSR count). The average Bonchev–Trinajstić information content (AvgIpc) is 3.22. The third kappa shape index (κ3) is 4.50. The highest BCUT2D eigenvalue weighted by molar-refractivity contribution is 5.91. The standard InChI is InChI=1S/C28H28F5N5/c1-17-22(29)19(14-21(23(17)30)28(31,32)33)24-20-16-34-26(35-25(20)38(3)36-24)37(2)27(12-8-5-9-13-27)15-18-10-6-4-7-11-18/h4,6-7,10-11,14,16H,5,8-9,12-13,15H2,1-3H3. The molecule has 10 heteroatoms. The van der Waals surface area contributed by atoms with Gasteiger partial charge >= 0.3 is 6.18 Å². The van der Waals surface area contributed by atoms with Crippen LogP contribution in [0.15, 0.2) is 42.6 Å². The summed E-state index contributed by atoms with van der Waals surface area (Å²) < 4.78 is 71.1. The summed E-state index contributed by atoms with van der Waals surface area (Å²) in [6.45, 7) is 0.981. The molecule has 2 aromatic heterocycles. The van der Waals surface area contributed by atoms with E-state index in [1.165, 1.54) is 16.4 Å². The van der Waals surface area contributed by atoms with Crippen LogP contribution in [0.2, 0.25) is 0 Å². The van der Waals surface area contributed by atoms with Gasteiger partial charge in [-0.05, 0) is 37.8 Å². The van der Waals surface area contributed by atoms with Gasteiger partial charge < -0.3 is 4.90 Å². The zero-order valence-corrected chi connectivity index (χ0v) is 21.4. The van der Waals surface area contributed by atoms with Crippen LogP contribution in [0.25, 0.3) is 22.3 Å². The minimum Gasteiger partial charge on any atom is -0.338 e. The molecule has 1 aliphatic rings. The van der Waals surface area contributed by atoms with Gasteiger partial charge in [0.2, 0.25) is 5.95 Å². The first kappa shape index (κ1) is 26.1. The van der Waals surface area contributed by atoms with Crippen LogP contribution in [0.4, 0.5) is 27.9 Å². The second-order valence-electron chi connectivity index (χ2n) is 10.1. The first-order valence-electron chi connectivity index (χ1n) is 12.6. The van der Waals surface area contributed by atoms with Gasteiger partial charge in [-0.25, -0.2) is 18.4 Å². The van der Waals surface area contributed by atoms with Gasteiger partial charge in [0.05, 0.1) is 10.9 Å². The van der Waals surface area contributed by atoms with Crippen molar-refractivity contribution in [2.75, 3.05) is 11.9 Å². The Morgan fingerprint density at radius 2 is 1.71 bits per heavy atom. The number of aryl methyl sites for hydroxylation is 1. The molecule has 2 heterocycles. The number of nitrogens with zero attached hydrogens (tertiary/aromatic N) is 5. The maximum Gasteiger partial charge on any atom is 0.419 e. The van der Waals surface area contributed by atoms with Gasteiger partial charge in [0.15, 0.2) is 5.65 Å². The Morgan fingerprint density at radius 3 is 2.37 bits per heavy atom. The second-order valence-corrected chi connectivity index (χ2v) is 10.1. The summed E-state index contributed by atoms with van der Waals surface area (Å²) in [7, 11) is 3.55. The Balaban J connectivity index is 1.58. The van der Waals surface area contributed by atoms with Crippen LogP contribution < -0.4 is 4.90 Å². The van der Waals surface area contributed by atoms with Crippen molar-refractivity contribution in [3.63, 3.8) is 0 Å². The van der Waals surface area contributed by atoms with Crippen LogP contribution in [-0.2, 0) is 19.6 Å². The summed E-state index contributed by atoms with van der Waals surface area (Å²) >= 11 is 0. The zero-order chi connectivity index (χ0) is 27.2. The molecule has 0 radical (unpaired) electrons. The zero-order valence-electron chi connectivity index (χ0n) is 21.4. The second kappa shape index (κ2) is 9.63. The van der Waals surface area contributed by atoms with Gasteiger partial charge in [0.1, 0.15) is 17.3 Å². The summed E-state index contributed by atoms with van der Waals surface area (Å²) in [6.07, 6.45) is 2.57. The fourth-order valence-electron chi connectivity index (χ4n) is 5.57. The van der Waals surface area contributed by atoms with E-state index in [1.54, 1.807) is 7.05 Å². The molecule has 0 atom stereocenters. The normalized spacial score (nSPS) is 15.7. The monoisotopic (exact) mass is 529 g/mol. The Hall–Kier alpha value is -3.56. The van der Waals surface area contributed by atoms with E-state index in [2.05, 4.69) is 27.1 Å². The molecule has 0 saturated heterocycles. The first-order chi connectivity index (χ1) is 18.0. The highest BCUT2D eigenvalue weighted by Gasteiger charge is 2.39. The lowest BCUT2D eigenvalue weighted by molar-refractivity contribution is -0.140. The quantitative estimate of drug-likeness (QED) is 0.261. The predicted octanol–water partition coefficient (Wildman–Crippen LogP) is 7.02. The van der Waals surface area contributed by atoms with E-state index in [4.69, 9.17) is 4.98 Å². The minimum absolute atomic E-state index is 0.0699. The Bertz CT molecular complexity index is 1470. The van der Waals surface area contributed by atoms with Crippen molar-refractivity contribution >= 4 is 17.0 Å². The fourth-order valence-corrected chi connectivity index (χ4v) is 5.57. The number of halogens is 5. The van der Waals surface area contributed by atoms with Crippen LogP contribution >= 0.6 is 0 Å². The van der Waals surface area contributed by atoms with Gasteiger partial charge in [-0.3, -0.25) is 0 Å². The molecular formula is C28H28F5N5. The molecule has 4 aromatic rings. The van der Waals surface area contributed by atoms with E-state index in [9.17, 15) is 17.6 Å². The minimum atomic E-state index is -4.98. The van der Waals surface area contributed by atoms with Crippen molar-refractivity contribution in [2.24, 2.45) is 7.05 Å². The van der Waals surface area contributed by atoms with Crippen molar-refractivity contribution in [1.29, 1.82) is 0 Å². The van der Waals surface area contributed by atoms with E-state index in [0.29, 0.717) is 17.7 Å². The number of rotatable bonds is 5. The molecule has 1 fully saturated rings. The van der Waals surface area contributed by atoms with Gasteiger partial charge in [-0.1, -0.05) is 49.6 Å². The van der Waals surface area contributed by atoms with Crippen LogP contribution in [0.3, 0.4) is 0 Å². The van der Waals surface area contributed by atoms with Crippen molar-refractivity contribution < 1.29 is 22.0 Å². The van der Waals surface area contributed by atoms with Crippen LogP contribution in [0.1, 0.15) is 48.8 Å². The molecule has 0 N–H and O–H groups in total. The number of hydrogen-bond donors (Lipinski definition) is 0. The fraction of sp³-hybridized carbons (Fsp3) is 0.393. The van der Waals surface area contributed by atoms with Crippen molar-refractivity contribution in [3.05, 3.63) is 70.9 Å². The molecule has 0 aliphatic heterocycles. The smallest absolute Gasteiger partial charge is 0.338 e. The summed E-state index contributed by atoms with van der Waals surface area (Å²) in [6, 6.07) is 10.7. The van der Waals surface area contributed by atoms with Gasteiger partial charge in [0, 0.05) is 37.0 Å². The van der Waals surface area contributed by atoms with Gasteiger partial charge in [0.25, 0.3) is 0 Å². The summed E-state index contributed by atoms with van der Waals surface area (Å²) in [5.41, 5.74) is -1.41. The molecule has 5 nitrogen and oxygen atoms in total. The number of fused-ring (bicyclic) bond motifs is 1. The van der Waals surface area contributed by atoms with Crippen LogP contribution in [-0.4, -0.2) is 32.3 Å². The van der Waals surface area contributed by atoms with E-state index < -0.39 is 34.5 Å². The van der Waals surface area contributed by atoms with Gasteiger partial charge in [-0.15, -0.1) is 0 Å². The molecule has 0 unspecified atom stereocenters. The molecule has 1 aliphatic carbocycles. The third-order valence-corrected chi connectivity index (χ3v) is 7.72. The third-order valence-electron chi connectivity index (χ3n) is 7.72. The Morgan fingerprint density at radius 1 is 1.03 bits per heavy atom. The average molecular weight is 530 g/mol. The summed E-state index contributed by atoms with van der Waals surface area (Å²) in [5.74, 6) is -2.27. The first-order valence-corrected chi connectivity index (χ1v) is 12.6. The largest absolute Gasteiger partial charge is 0.419 e. The van der Waals surface area contributed by atoms with Crippen LogP contribution in [0.5, 0.6) is 0 Å². The number of benzene rings is 2. The molecule has 0 amide bonds. The van der Waals surface area contributed by atoms with Crippen molar-refractivity contribution in [1.82, 2.24) is 19.7 Å². The molecule has 0 bridgehead atoms. The maximum absolute atomic E-state index is 15.1. The number of likely N-dealkylation sites (N-methyl/N-ethyl adjacent to an activating group) is 1. The number of alkyl halides is 3. The maximum atomic E-state index is 15.1.